The van der Waals surface area contributed by atoms with Gasteiger partial charge < -0.3 is 5.32 Å². The Morgan fingerprint density at radius 3 is 2.74 bits per heavy atom. The lowest BCUT2D eigenvalue weighted by atomic mass is 10.0. The van der Waals surface area contributed by atoms with Gasteiger partial charge in [0, 0.05) is 17.6 Å². The van der Waals surface area contributed by atoms with Gasteiger partial charge >= 0.3 is 0 Å². The highest BCUT2D eigenvalue weighted by Gasteiger charge is 2.29. The molecule has 120 valence electrons. The number of aryl methyl sites for hydroxylation is 1. The second-order valence-corrected chi connectivity index (χ2v) is 6.32. The van der Waals surface area contributed by atoms with Crippen molar-refractivity contribution < 1.29 is 4.79 Å². The van der Waals surface area contributed by atoms with Crippen molar-refractivity contribution in [1.82, 2.24) is 16.2 Å². The maximum absolute atomic E-state index is 12.3. The molecule has 1 fully saturated rings. The molecule has 1 amide bonds. The van der Waals surface area contributed by atoms with Crippen LogP contribution in [-0.4, -0.2) is 11.9 Å². The van der Waals surface area contributed by atoms with E-state index in [1.165, 1.54) is 5.56 Å². The lowest BCUT2D eigenvalue weighted by molar-refractivity contribution is -0.123. The first-order valence-corrected chi connectivity index (χ1v) is 8.09. The summed E-state index contributed by atoms with van der Waals surface area (Å²) in [4.78, 5) is 12.3. The van der Waals surface area contributed by atoms with Crippen molar-refractivity contribution in [2.24, 2.45) is 0 Å². The highest BCUT2D eigenvalue weighted by molar-refractivity contribution is 6.30. The molecule has 0 spiro atoms. The van der Waals surface area contributed by atoms with E-state index < -0.39 is 0 Å². The summed E-state index contributed by atoms with van der Waals surface area (Å²) < 4.78 is 0. The van der Waals surface area contributed by atoms with E-state index >= 15 is 0 Å². The molecule has 0 aliphatic carbocycles. The van der Waals surface area contributed by atoms with E-state index in [-0.39, 0.29) is 18.0 Å². The van der Waals surface area contributed by atoms with E-state index in [0.717, 1.165) is 11.1 Å². The quantitative estimate of drug-likeness (QED) is 0.808. The molecule has 1 aliphatic rings. The Hall–Kier alpha value is -1.88. The van der Waals surface area contributed by atoms with Gasteiger partial charge in [-0.25, -0.2) is 10.9 Å². The number of hydrazine groups is 1. The SMILES string of the molecule is Cc1cccc(CNC(=O)C2CC(c3ccc(Cl)cc3)NN2)c1. The number of halogens is 1. The van der Waals surface area contributed by atoms with E-state index in [1.54, 1.807) is 0 Å². The first-order chi connectivity index (χ1) is 11.1. The summed E-state index contributed by atoms with van der Waals surface area (Å²) in [5.74, 6) is 0.00969. The van der Waals surface area contributed by atoms with Crippen molar-refractivity contribution in [3.05, 3.63) is 70.2 Å². The monoisotopic (exact) mass is 329 g/mol. The van der Waals surface area contributed by atoms with Crippen LogP contribution in [0.4, 0.5) is 0 Å². The third kappa shape index (κ3) is 4.10. The molecule has 1 heterocycles. The molecule has 1 saturated heterocycles. The minimum absolute atomic E-state index is 0.00969. The standard InChI is InChI=1S/C18H20ClN3O/c1-12-3-2-4-13(9-12)11-20-18(23)17-10-16(21-22-17)14-5-7-15(19)8-6-14/h2-9,16-17,21-22H,10-11H2,1H3,(H,20,23). The molecule has 0 aromatic heterocycles. The Bertz CT molecular complexity index is 687. The molecule has 3 rings (SSSR count). The fourth-order valence-corrected chi connectivity index (χ4v) is 2.90. The summed E-state index contributed by atoms with van der Waals surface area (Å²) >= 11 is 5.91. The topological polar surface area (TPSA) is 53.2 Å². The minimum Gasteiger partial charge on any atom is -0.351 e. The van der Waals surface area contributed by atoms with Crippen LogP contribution in [0.25, 0.3) is 0 Å². The number of amides is 1. The van der Waals surface area contributed by atoms with Crippen molar-refractivity contribution in [1.29, 1.82) is 0 Å². The first kappa shape index (κ1) is 16.0. The predicted octanol–water partition coefficient (Wildman–Crippen LogP) is 2.87. The Balaban J connectivity index is 1.54. The second kappa shape index (κ2) is 7.13. The molecule has 2 aromatic carbocycles. The van der Waals surface area contributed by atoms with Crippen LogP contribution in [0.2, 0.25) is 5.02 Å². The third-order valence-electron chi connectivity index (χ3n) is 4.04. The first-order valence-electron chi connectivity index (χ1n) is 7.71. The zero-order chi connectivity index (χ0) is 16.2. The van der Waals surface area contributed by atoms with Crippen molar-refractivity contribution in [2.45, 2.75) is 32.0 Å². The molecule has 3 N–H and O–H groups in total. The summed E-state index contributed by atoms with van der Waals surface area (Å²) in [6, 6.07) is 15.7. The van der Waals surface area contributed by atoms with Gasteiger partial charge in [0.25, 0.3) is 0 Å². The number of benzene rings is 2. The zero-order valence-corrected chi connectivity index (χ0v) is 13.7. The molecule has 5 heteroatoms. The van der Waals surface area contributed by atoms with Crippen molar-refractivity contribution in [3.8, 4) is 0 Å². The lowest BCUT2D eigenvalue weighted by Gasteiger charge is -2.11. The van der Waals surface area contributed by atoms with E-state index in [1.807, 2.05) is 49.4 Å². The average Bonchev–Trinajstić information content (AvgIpc) is 3.03. The fourth-order valence-electron chi connectivity index (χ4n) is 2.78. The van der Waals surface area contributed by atoms with Crippen LogP contribution in [0.1, 0.15) is 29.2 Å². The van der Waals surface area contributed by atoms with Gasteiger partial charge in [-0.1, -0.05) is 53.6 Å². The van der Waals surface area contributed by atoms with Gasteiger partial charge in [0.05, 0.1) is 0 Å². The average molecular weight is 330 g/mol. The molecular weight excluding hydrogens is 310 g/mol. The zero-order valence-electron chi connectivity index (χ0n) is 13.0. The highest BCUT2D eigenvalue weighted by atomic mass is 35.5. The van der Waals surface area contributed by atoms with Crippen molar-refractivity contribution in [2.75, 3.05) is 0 Å². The second-order valence-electron chi connectivity index (χ2n) is 5.89. The summed E-state index contributed by atoms with van der Waals surface area (Å²) in [6.07, 6.45) is 0.710. The van der Waals surface area contributed by atoms with Crippen LogP contribution in [0.15, 0.2) is 48.5 Å². The smallest absolute Gasteiger partial charge is 0.238 e. The molecule has 2 atom stereocenters. The molecule has 0 bridgehead atoms. The number of nitrogens with one attached hydrogen (secondary N) is 3. The molecule has 23 heavy (non-hydrogen) atoms. The summed E-state index contributed by atoms with van der Waals surface area (Å²) in [5.41, 5.74) is 9.67. The third-order valence-corrected chi connectivity index (χ3v) is 4.29. The van der Waals surface area contributed by atoms with Crippen molar-refractivity contribution in [3.63, 3.8) is 0 Å². The molecule has 4 nitrogen and oxygen atoms in total. The molecular formula is C18H20ClN3O. The van der Waals surface area contributed by atoms with Crippen LogP contribution in [0, 0.1) is 6.92 Å². The Morgan fingerprint density at radius 1 is 1.22 bits per heavy atom. The number of hydrogen-bond acceptors (Lipinski definition) is 3. The maximum Gasteiger partial charge on any atom is 0.238 e. The highest BCUT2D eigenvalue weighted by Crippen LogP contribution is 2.23. The molecule has 2 unspecified atom stereocenters. The predicted molar refractivity (Wildman–Crippen MR) is 91.9 cm³/mol. The van der Waals surface area contributed by atoms with Gasteiger partial charge in [-0.15, -0.1) is 0 Å². The summed E-state index contributed by atoms with van der Waals surface area (Å²) in [6.45, 7) is 2.59. The summed E-state index contributed by atoms with van der Waals surface area (Å²) in [5, 5.41) is 3.70. The summed E-state index contributed by atoms with van der Waals surface area (Å²) in [7, 11) is 0. The van der Waals surface area contributed by atoms with Crippen LogP contribution >= 0.6 is 11.6 Å². The fraction of sp³-hybridized carbons (Fsp3) is 0.278. The minimum atomic E-state index is -0.236. The van der Waals surface area contributed by atoms with Crippen LogP contribution < -0.4 is 16.2 Å². The van der Waals surface area contributed by atoms with E-state index in [4.69, 9.17) is 11.6 Å². The number of rotatable bonds is 4. The Labute approximate surface area is 141 Å². The van der Waals surface area contributed by atoms with Gasteiger partial charge in [-0.3, -0.25) is 4.79 Å². The molecule has 0 radical (unpaired) electrons. The molecule has 2 aromatic rings. The maximum atomic E-state index is 12.3. The van der Waals surface area contributed by atoms with Crippen LogP contribution in [0.5, 0.6) is 0 Å². The van der Waals surface area contributed by atoms with Gasteiger partial charge in [-0.05, 0) is 36.6 Å². The van der Waals surface area contributed by atoms with Crippen LogP contribution in [-0.2, 0) is 11.3 Å². The lowest BCUT2D eigenvalue weighted by Crippen LogP contribution is -2.42. The Kier molecular flexibility index (Phi) is 4.96. The van der Waals surface area contributed by atoms with E-state index in [9.17, 15) is 4.79 Å². The largest absolute Gasteiger partial charge is 0.351 e. The van der Waals surface area contributed by atoms with E-state index in [2.05, 4.69) is 22.2 Å². The normalized spacial score (nSPS) is 20.4. The number of hydrogen-bond donors (Lipinski definition) is 3. The number of carbonyl (C=O) groups is 1. The van der Waals surface area contributed by atoms with Crippen LogP contribution in [0.3, 0.4) is 0 Å². The number of carbonyl (C=O) groups excluding carboxylic acids is 1. The van der Waals surface area contributed by atoms with E-state index in [0.29, 0.717) is 18.0 Å². The molecule has 0 saturated carbocycles. The Morgan fingerprint density at radius 2 is 2.00 bits per heavy atom. The van der Waals surface area contributed by atoms with Gasteiger partial charge in [0.15, 0.2) is 0 Å². The van der Waals surface area contributed by atoms with Gasteiger partial charge in [0.2, 0.25) is 5.91 Å². The van der Waals surface area contributed by atoms with Gasteiger partial charge in [0.1, 0.15) is 6.04 Å². The molecule has 1 aliphatic heterocycles. The van der Waals surface area contributed by atoms with Crippen molar-refractivity contribution >= 4 is 17.5 Å². The van der Waals surface area contributed by atoms with Gasteiger partial charge in [-0.2, -0.15) is 0 Å².